The molecule has 1 aromatic heterocycles. The predicted octanol–water partition coefficient (Wildman–Crippen LogP) is 2.81. The zero-order chi connectivity index (χ0) is 14.0. The Balaban J connectivity index is 2.35. The van der Waals surface area contributed by atoms with Gasteiger partial charge in [0, 0.05) is 11.3 Å². The van der Waals surface area contributed by atoms with Crippen LogP contribution in [-0.2, 0) is 5.60 Å². The lowest BCUT2D eigenvalue weighted by Crippen LogP contribution is -2.16. The highest BCUT2D eigenvalue weighted by Gasteiger charge is 2.22. The minimum Gasteiger partial charge on any atom is -0.494 e. The first-order valence-electron chi connectivity index (χ1n) is 6.44. The average molecular weight is 260 g/mol. The molecule has 1 aromatic carbocycles. The zero-order valence-corrected chi connectivity index (χ0v) is 11.8. The van der Waals surface area contributed by atoms with Gasteiger partial charge in [0.25, 0.3) is 0 Å². The van der Waals surface area contributed by atoms with Crippen LogP contribution in [0.1, 0.15) is 32.0 Å². The maximum atomic E-state index is 10.1. The van der Waals surface area contributed by atoms with Gasteiger partial charge < -0.3 is 9.84 Å². The van der Waals surface area contributed by atoms with Crippen LogP contribution in [0.4, 0.5) is 0 Å². The van der Waals surface area contributed by atoms with Crippen LogP contribution in [0.15, 0.2) is 30.5 Å². The highest BCUT2D eigenvalue weighted by Crippen LogP contribution is 2.25. The number of aromatic nitrogens is 2. The van der Waals surface area contributed by atoms with Gasteiger partial charge >= 0.3 is 0 Å². The molecular weight excluding hydrogens is 240 g/mol. The Morgan fingerprint density at radius 1 is 1.26 bits per heavy atom. The summed E-state index contributed by atoms with van der Waals surface area (Å²) >= 11 is 0. The van der Waals surface area contributed by atoms with Gasteiger partial charge in [-0.05, 0) is 52.0 Å². The van der Waals surface area contributed by atoms with Crippen LogP contribution in [0.2, 0.25) is 0 Å². The van der Waals surface area contributed by atoms with E-state index < -0.39 is 5.60 Å². The van der Waals surface area contributed by atoms with Crippen molar-refractivity contribution < 1.29 is 9.84 Å². The third-order valence-electron chi connectivity index (χ3n) is 3.06. The lowest BCUT2D eigenvalue weighted by Gasteiger charge is -2.16. The number of aliphatic hydroxyl groups is 1. The molecule has 0 unspecified atom stereocenters. The molecule has 0 fully saturated rings. The molecular formula is C15H20N2O2. The minimum absolute atomic E-state index is 0.656. The molecule has 1 heterocycles. The number of nitrogens with zero attached hydrogens (tertiary/aromatic N) is 2. The normalized spacial score (nSPS) is 11.6. The van der Waals surface area contributed by atoms with E-state index in [0.717, 1.165) is 22.7 Å². The zero-order valence-electron chi connectivity index (χ0n) is 11.8. The SMILES string of the molecule is CCOc1ccc(-n2ncc(C(C)(C)O)c2C)cc1. The molecule has 4 heteroatoms. The van der Waals surface area contributed by atoms with Gasteiger partial charge in [-0.1, -0.05) is 0 Å². The smallest absolute Gasteiger partial charge is 0.119 e. The Bertz CT molecular complexity index is 551. The summed E-state index contributed by atoms with van der Waals surface area (Å²) in [6, 6.07) is 7.76. The third kappa shape index (κ3) is 2.79. The fourth-order valence-corrected chi connectivity index (χ4v) is 2.12. The van der Waals surface area contributed by atoms with E-state index in [0.29, 0.717) is 6.61 Å². The molecule has 0 amide bonds. The second-order valence-corrected chi connectivity index (χ2v) is 5.04. The van der Waals surface area contributed by atoms with Crippen LogP contribution >= 0.6 is 0 Å². The van der Waals surface area contributed by atoms with Crippen molar-refractivity contribution in [2.75, 3.05) is 6.61 Å². The van der Waals surface area contributed by atoms with E-state index in [-0.39, 0.29) is 0 Å². The first-order chi connectivity index (χ1) is 8.93. The van der Waals surface area contributed by atoms with Gasteiger partial charge in [0.05, 0.1) is 24.1 Å². The van der Waals surface area contributed by atoms with E-state index in [2.05, 4.69) is 5.10 Å². The highest BCUT2D eigenvalue weighted by molar-refractivity contribution is 5.39. The summed E-state index contributed by atoms with van der Waals surface area (Å²) in [7, 11) is 0. The van der Waals surface area contributed by atoms with Crippen molar-refractivity contribution in [3.8, 4) is 11.4 Å². The lowest BCUT2D eigenvalue weighted by molar-refractivity contribution is 0.0779. The first kappa shape index (κ1) is 13.6. The largest absolute Gasteiger partial charge is 0.494 e. The number of ether oxygens (including phenoxy) is 1. The summed E-state index contributed by atoms with van der Waals surface area (Å²) < 4.78 is 7.24. The number of hydrogen-bond donors (Lipinski definition) is 1. The molecule has 0 spiro atoms. The Morgan fingerprint density at radius 2 is 1.89 bits per heavy atom. The van der Waals surface area contributed by atoms with Crippen LogP contribution < -0.4 is 4.74 Å². The van der Waals surface area contributed by atoms with Crippen molar-refractivity contribution in [1.82, 2.24) is 9.78 Å². The summed E-state index contributed by atoms with van der Waals surface area (Å²) in [6.45, 7) is 8.10. The number of hydrogen-bond acceptors (Lipinski definition) is 3. The molecule has 102 valence electrons. The van der Waals surface area contributed by atoms with E-state index in [1.54, 1.807) is 20.0 Å². The third-order valence-corrected chi connectivity index (χ3v) is 3.06. The van der Waals surface area contributed by atoms with Crippen LogP contribution in [0.5, 0.6) is 5.75 Å². The molecule has 0 radical (unpaired) electrons. The van der Waals surface area contributed by atoms with Crippen molar-refractivity contribution in [3.63, 3.8) is 0 Å². The first-order valence-corrected chi connectivity index (χ1v) is 6.44. The summed E-state index contributed by atoms with van der Waals surface area (Å²) in [5.74, 6) is 0.846. The topological polar surface area (TPSA) is 47.3 Å². The van der Waals surface area contributed by atoms with E-state index in [1.165, 1.54) is 0 Å². The molecule has 2 rings (SSSR count). The van der Waals surface area contributed by atoms with Crippen molar-refractivity contribution >= 4 is 0 Å². The fourth-order valence-electron chi connectivity index (χ4n) is 2.12. The van der Waals surface area contributed by atoms with Crippen molar-refractivity contribution in [3.05, 3.63) is 41.7 Å². The summed E-state index contributed by atoms with van der Waals surface area (Å²) in [5.41, 5.74) is 1.85. The number of rotatable bonds is 4. The van der Waals surface area contributed by atoms with Gasteiger partial charge in [-0.25, -0.2) is 4.68 Å². The Morgan fingerprint density at radius 3 is 2.37 bits per heavy atom. The standard InChI is InChI=1S/C15H20N2O2/c1-5-19-13-8-6-12(7-9-13)17-11(2)14(10-16-17)15(3,4)18/h6-10,18H,5H2,1-4H3. The Kier molecular flexibility index (Phi) is 3.62. The fraction of sp³-hybridized carbons (Fsp3) is 0.400. The van der Waals surface area contributed by atoms with Crippen LogP contribution in [0.25, 0.3) is 5.69 Å². The lowest BCUT2D eigenvalue weighted by atomic mass is 10.00. The van der Waals surface area contributed by atoms with Crippen molar-refractivity contribution in [2.45, 2.75) is 33.3 Å². The van der Waals surface area contributed by atoms with E-state index in [9.17, 15) is 5.11 Å². The summed E-state index contributed by atoms with van der Waals surface area (Å²) in [5, 5.41) is 14.4. The molecule has 19 heavy (non-hydrogen) atoms. The predicted molar refractivity (Wildman–Crippen MR) is 74.7 cm³/mol. The highest BCUT2D eigenvalue weighted by atomic mass is 16.5. The van der Waals surface area contributed by atoms with Gasteiger partial charge in [-0.2, -0.15) is 5.10 Å². The Labute approximate surface area is 113 Å². The average Bonchev–Trinajstić information content (AvgIpc) is 2.72. The van der Waals surface area contributed by atoms with Crippen LogP contribution in [0.3, 0.4) is 0 Å². The molecule has 2 aromatic rings. The van der Waals surface area contributed by atoms with Crippen LogP contribution in [-0.4, -0.2) is 21.5 Å². The van der Waals surface area contributed by atoms with Crippen molar-refractivity contribution in [2.24, 2.45) is 0 Å². The van der Waals surface area contributed by atoms with Gasteiger partial charge in [0.1, 0.15) is 5.75 Å². The molecule has 0 aliphatic carbocycles. The van der Waals surface area contributed by atoms with Crippen LogP contribution in [0, 0.1) is 6.92 Å². The molecule has 0 atom stereocenters. The van der Waals surface area contributed by atoms with Gasteiger partial charge in [0.15, 0.2) is 0 Å². The molecule has 0 bridgehead atoms. The van der Waals surface area contributed by atoms with E-state index >= 15 is 0 Å². The Hall–Kier alpha value is -1.81. The quantitative estimate of drug-likeness (QED) is 0.919. The molecule has 0 aliphatic heterocycles. The summed E-state index contributed by atoms with van der Waals surface area (Å²) in [4.78, 5) is 0. The maximum absolute atomic E-state index is 10.1. The molecule has 0 saturated heterocycles. The van der Waals surface area contributed by atoms with Gasteiger partial charge in [0.2, 0.25) is 0 Å². The summed E-state index contributed by atoms with van der Waals surface area (Å²) in [6.07, 6.45) is 1.71. The van der Waals surface area contributed by atoms with Gasteiger partial charge in [-0.3, -0.25) is 0 Å². The second kappa shape index (κ2) is 5.05. The molecule has 1 N–H and O–H groups in total. The molecule has 0 aliphatic rings. The minimum atomic E-state index is -0.881. The van der Waals surface area contributed by atoms with E-state index in [1.807, 2.05) is 42.8 Å². The van der Waals surface area contributed by atoms with Crippen molar-refractivity contribution in [1.29, 1.82) is 0 Å². The van der Waals surface area contributed by atoms with E-state index in [4.69, 9.17) is 4.74 Å². The molecule has 0 saturated carbocycles. The number of benzene rings is 1. The molecule has 4 nitrogen and oxygen atoms in total. The maximum Gasteiger partial charge on any atom is 0.119 e. The second-order valence-electron chi connectivity index (χ2n) is 5.04. The van der Waals surface area contributed by atoms with Gasteiger partial charge in [-0.15, -0.1) is 0 Å². The monoisotopic (exact) mass is 260 g/mol.